The second-order valence-corrected chi connectivity index (χ2v) is 5.87. The van der Waals surface area contributed by atoms with Crippen LogP contribution < -0.4 is 5.32 Å². The summed E-state index contributed by atoms with van der Waals surface area (Å²) in [5.41, 5.74) is 2.01. The molecule has 2 amide bonds. The Hall–Kier alpha value is -1.88. The van der Waals surface area contributed by atoms with E-state index in [4.69, 9.17) is 0 Å². The summed E-state index contributed by atoms with van der Waals surface area (Å²) in [5, 5.41) is 12.4. The van der Waals surface area contributed by atoms with E-state index in [1.54, 1.807) is 4.90 Å². The van der Waals surface area contributed by atoms with Gasteiger partial charge in [0.05, 0.1) is 6.10 Å². The van der Waals surface area contributed by atoms with Crippen LogP contribution >= 0.6 is 0 Å². The minimum Gasteiger partial charge on any atom is -0.391 e. The van der Waals surface area contributed by atoms with E-state index in [9.17, 15) is 14.7 Å². The molecule has 0 spiro atoms. The summed E-state index contributed by atoms with van der Waals surface area (Å²) in [6.07, 6.45) is 1.89. The highest BCUT2D eigenvalue weighted by molar-refractivity contribution is 5.96. The molecule has 0 aliphatic carbocycles. The van der Waals surface area contributed by atoms with E-state index in [0.717, 1.165) is 11.3 Å². The molecule has 21 heavy (non-hydrogen) atoms. The van der Waals surface area contributed by atoms with Crippen LogP contribution in [0.5, 0.6) is 0 Å². The average Bonchev–Trinajstić information content (AvgIpc) is 2.91. The third-order valence-corrected chi connectivity index (χ3v) is 4.34. The Kier molecular flexibility index (Phi) is 3.92. The van der Waals surface area contributed by atoms with Gasteiger partial charge in [0.2, 0.25) is 11.8 Å². The first-order valence-electron chi connectivity index (χ1n) is 7.48. The predicted octanol–water partition coefficient (Wildman–Crippen LogP) is 1.17. The second-order valence-electron chi connectivity index (χ2n) is 5.87. The Morgan fingerprint density at radius 2 is 2.19 bits per heavy atom. The lowest BCUT2D eigenvalue weighted by Crippen LogP contribution is -2.33. The molecule has 2 N–H and O–H groups in total. The molecule has 0 aromatic heterocycles. The van der Waals surface area contributed by atoms with E-state index in [1.807, 2.05) is 24.3 Å². The molecule has 112 valence electrons. The van der Waals surface area contributed by atoms with E-state index >= 15 is 0 Å². The number of para-hydroxylation sites is 1. The molecule has 2 heterocycles. The van der Waals surface area contributed by atoms with Crippen molar-refractivity contribution in [3.63, 3.8) is 0 Å². The zero-order valence-corrected chi connectivity index (χ0v) is 11.9. The van der Waals surface area contributed by atoms with Gasteiger partial charge in [-0.05, 0) is 30.9 Å². The van der Waals surface area contributed by atoms with Crippen LogP contribution in [0.4, 0.5) is 5.69 Å². The second kappa shape index (κ2) is 5.85. The Balaban J connectivity index is 1.56. The molecular weight excluding hydrogens is 268 g/mol. The van der Waals surface area contributed by atoms with Crippen LogP contribution in [0, 0.1) is 5.92 Å². The minimum absolute atomic E-state index is 0.00274. The first-order valence-corrected chi connectivity index (χ1v) is 7.48. The zero-order chi connectivity index (χ0) is 14.8. The highest BCUT2D eigenvalue weighted by Gasteiger charge is 2.28. The fraction of sp³-hybridized carbons (Fsp3) is 0.500. The Morgan fingerprint density at radius 1 is 1.38 bits per heavy atom. The molecule has 5 nitrogen and oxygen atoms in total. The van der Waals surface area contributed by atoms with Crippen LogP contribution in [0.25, 0.3) is 0 Å². The number of hydrogen-bond donors (Lipinski definition) is 2. The monoisotopic (exact) mass is 288 g/mol. The van der Waals surface area contributed by atoms with Crippen molar-refractivity contribution in [1.82, 2.24) is 4.90 Å². The normalized spacial score (nSPS) is 24.6. The molecule has 0 bridgehead atoms. The van der Waals surface area contributed by atoms with Crippen LogP contribution in [0.15, 0.2) is 24.3 Å². The van der Waals surface area contributed by atoms with Gasteiger partial charge >= 0.3 is 0 Å². The predicted molar refractivity (Wildman–Crippen MR) is 78.7 cm³/mol. The van der Waals surface area contributed by atoms with Gasteiger partial charge in [-0.15, -0.1) is 0 Å². The number of hydrogen-bond acceptors (Lipinski definition) is 3. The average molecular weight is 288 g/mol. The number of amides is 2. The van der Waals surface area contributed by atoms with Crippen LogP contribution in [0.2, 0.25) is 0 Å². The summed E-state index contributed by atoms with van der Waals surface area (Å²) in [7, 11) is 0. The molecule has 1 unspecified atom stereocenters. The van der Waals surface area contributed by atoms with Crippen LogP contribution in [-0.2, 0) is 16.0 Å². The van der Waals surface area contributed by atoms with Crippen molar-refractivity contribution in [3.05, 3.63) is 29.8 Å². The van der Waals surface area contributed by atoms with Crippen molar-refractivity contribution in [2.24, 2.45) is 5.92 Å². The first-order chi connectivity index (χ1) is 10.1. The number of carbonyl (C=O) groups excluding carboxylic acids is 2. The maximum absolute atomic E-state index is 12.1. The molecule has 2 atom stereocenters. The number of β-amino-alcohol motifs (C(OH)–C–C–N with tert-alkyl or cyclic N) is 1. The largest absolute Gasteiger partial charge is 0.391 e. The van der Waals surface area contributed by atoms with Crippen molar-refractivity contribution in [1.29, 1.82) is 0 Å². The van der Waals surface area contributed by atoms with E-state index < -0.39 is 0 Å². The molecular formula is C16H20N2O3. The van der Waals surface area contributed by atoms with Crippen LogP contribution in [0.3, 0.4) is 0 Å². The molecule has 5 heteroatoms. The number of aliphatic hydroxyl groups is 1. The number of nitrogens with one attached hydrogen (secondary N) is 1. The Bertz CT molecular complexity index is 558. The van der Waals surface area contributed by atoms with Gasteiger partial charge in [0.15, 0.2) is 0 Å². The van der Waals surface area contributed by atoms with Gasteiger partial charge in [-0.2, -0.15) is 0 Å². The quantitative estimate of drug-likeness (QED) is 0.877. The summed E-state index contributed by atoms with van der Waals surface area (Å²) in [6, 6.07) is 7.78. The SMILES string of the molecule is O=C1Nc2ccccc2CC1CCC(=O)N1CC[C@@H](O)C1. The van der Waals surface area contributed by atoms with Crippen molar-refractivity contribution < 1.29 is 14.7 Å². The summed E-state index contributed by atoms with van der Waals surface area (Å²) in [6.45, 7) is 1.05. The van der Waals surface area contributed by atoms with E-state index in [0.29, 0.717) is 38.8 Å². The number of fused-ring (bicyclic) bond motifs is 1. The lowest BCUT2D eigenvalue weighted by molar-refractivity contribution is -0.131. The summed E-state index contributed by atoms with van der Waals surface area (Å²) < 4.78 is 0. The van der Waals surface area contributed by atoms with Crippen molar-refractivity contribution in [2.75, 3.05) is 18.4 Å². The number of aliphatic hydroxyl groups excluding tert-OH is 1. The summed E-state index contributed by atoms with van der Waals surface area (Å²) in [4.78, 5) is 25.8. The molecule has 2 aliphatic rings. The minimum atomic E-state index is -0.390. The number of anilines is 1. The van der Waals surface area contributed by atoms with Gasteiger partial charge < -0.3 is 15.3 Å². The first kappa shape index (κ1) is 14.1. The fourth-order valence-electron chi connectivity index (χ4n) is 3.07. The lowest BCUT2D eigenvalue weighted by Gasteiger charge is -2.25. The lowest BCUT2D eigenvalue weighted by atomic mass is 9.89. The Labute approximate surface area is 123 Å². The zero-order valence-electron chi connectivity index (χ0n) is 11.9. The Morgan fingerprint density at radius 3 is 2.95 bits per heavy atom. The van der Waals surface area contributed by atoms with Gasteiger partial charge in [-0.25, -0.2) is 0 Å². The molecule has 1 aromatic rings. The van der Waals surface area contributed by atoms with Crippen molar-refractivity contribution in [2.45, 2.75) is 31.8 Å². The van der Waals surface area contributed by atoms with E-state index in [2.05, 4.69) is 5.32 Å². The molecule has 1 fully saturated rings. The highest BCUT2D eigenvalue weighted by atomic mass is 16.3. The molecule has 2 aliphatic heterocycles. The van der Waals surface area contributed by atoms with Gasteiger partial charge in [-0.3, -0.25) is 9.59 Å². The number of nitrogens with zero attached hydrogens (tertiary/aromatic N) is 1. The molecule has 0 radical (unpaired) electrons. The molecule has 1 aromatic carbocycles. The summed E-state index contributed by atoms with van der Waals surface area (Å²) in [5.74, 6) is -0.0995. The highest BCUT2D eigenvalue weighted by Crippen LogP contribution is 2.27. The molecule has 0 saturated carbocycles. The van der Waals surface area contributed by atoms with E-state index in [-0.39, 0.29) is 23.8 Å². The maximum atomic E-state index is 12.1. The topological polar surface area (TPSA) is 69.6 Å². The third-order valence-electron chi connectivity index (χ3n) is 4.34. The fourth-order valence-corrected chi connectivity index (χ4v) is 3.07. The molecule has 3 rings (SSSR count). The van der Waals surface area contributed by atoms with Gasteiger partial charge in [-0.1, -0.05) is 18.2 Å². The number of rotatable bonds is 3. The number of benzene rings is 1. The number of likely N-dealkylation sites (tertiary alicyclic amines) is 1. The van der Waals surface area contributed by atoms with Gasteiger partial charge in [0.1, 0.15) is 0 Å². The number of carbonyl (C=O) groups is 2. The smallest absolute Gasteiger partial charge is 0.227 e. The van der Waals surface area contributed by atoms with Crippen LogP contribution in [-0.4, -0.2) is 41.0 Å². The third kappa shape index (κ3) is 3.08. The molecule has 1 saturated heterocycles. The van der Waals surface area contributed by atoms with Crippen LogP contribution in [0.1, 0.15) is 24.8 Å². The summed E-state index contributed by atoms with van der Waals surface area (Å²) >= 11 is 0. The van der Waals surface area contributed by atoms with Gasteiger partial charge in [0.25, 0.3) is 0 Å². The maximum Gasteiger partial charge on any atom is 0.227 e. The van der Waals surface area contributed by atoms with Crippen molar-refractivity contribution >= 4 is 17.5 Å². The van der Waals surface area contributed by atoms with Crippen molar-refractivity contribution in [3.8, 4) is 0 Å². The van der Waals surface area contributed by atoms with E-state index in [1.165, 1.54) is 0 Å². The van der Waals surface area contributed by atoms with Gasteiger partial charge in [0, 0.05) is 31.1 Å². The standard InChI is InChI=1S/C16H20N2O3/c19-13-7-8-18(10-13)15(20)6-5-12-9-11-3-1-2-4-14(11)17-16(12)21/h1-4,12-13,19H,5-10H2,(H,17,21)/t12?,13-/m1/s1.